The first-order valence-corrected chi connectivity index (χ1v) is 10.6. The minimum absolute atomic E-state index is 0.133. The predicted molar refractivity (Wildman–Crippen MR) is 123 cm³/mol. The summed E-state index contributed by atoms with van der Waals surface area (Å²) in [4.78, 5) is 21.7. The second kappa shape index (κ2) is 9.32. The summed E-state index contributed by atoms with van der Waals surface area (Å²) in [6.45, 7) is 4.14. The van der Waals surface area contributed by atoms with Crippen molar-refractivity contribution in [2.24, 2.45) is 5.73 Å². The third-order valence-electron chi connectivity index (χ3n) is 5.36. The van der Waals surface area contributed by atoms with E-state index in [1.807, 2.05) is 47.4 Å². The number of carbonyl (C=O) groups is 1. The molecule has 0 saturated carbocycles. The number of anilines is 2. The molecule has 4 rings (SSSR count). The van der Waals surface area contributed by atoms with Crippen LogP contribution in [0.25, 0.3) is 10.9 Å². The van der Waals surface area contributed by atoms with E-state index in [1.165, 1.54) is 0 Å². The van der Waals surface area contributed by atoms with Crippen LogP contribution in [0.5, 0.6) is 0 Å². The quantitative estimate of drug-likeness (QED) is 0.637. The van der Waals surface area contributed by atoms with Crippen molar-refractivity contribution in [3.05, 3.63) is 65.2 Å². The molecular weight excluding hydrogens is 398 g/mol. The Morgan fingerprint density at radius 3 is 2.63 bits per heavy atom. The third-order valence-corrected chi connectivity index (χ3v) is 5.60. The number of nitrogens with one attached hydrogen (secondary N) is 1. The topological polar surface area (TPSA) is 74.5 Å². The van der Waals surface area contributed by atoms with Gasteiger partial charge in [-0.1, -0.05) is 41.9 Å². The van der Waals surface area contributed by atoms with Gasteiger partial charge in [0.1, 0.15) is 5.82 Å². The van der Waals surface area contributed by atoms with Crippen LogP contribution in [-0.4, -0.2) is 55.1 Å². The van der Waals surface area contributed by atoms with Gasteiger partial charge in [0.15, 0.2) is 0 Å². The molecule has 0 unspecified atom stereocenters. The highest BCUT2D eigenvalue weighted by atomic mass is 35.5. The van der Waals surface area contributed by atoms with Gasteiger partial charge in [-0.05, 0) is 23.8 Å². The van der Waals surface area contributed by atoms with Gasteiger partial charge in [0.05, 0.1) is 11.9 Å². The number of pyridine rings is 1. The Morgan fingerprint density at radius 1 is 1.07 bits per heavy atom. The average molecular weight is 424 g/mol. The van der Waals surface area contributed by atoms with Crippen molar-refractivity contribution in [2.75, 3.05) is 49.5 Å². The number of hydrogen-bond donors (Lipinski definition) is 2. The Bertz CT molecular complexity index is 1030. The van der Waals surface area contributed by atoms with E-state index in [9.17, 15) is 4.79 Å². The first-order valence-electron chi connectivity index (χ1n) is 10.2. The summed E-state index contributed by atoms with van der Waals surface area (Å²) >= 11 is 6.04. The molecule has 0 radical (unpaired) electrons. The maximum atomic E-state index is 12.7. The van der Waals surface area contributed by atoms with E-state index in [1.54, 1.807) is 0 Å². The van der Waals surface area contributed by atoms with Gasteiger partial charge in [0.25, 0.3) is 0 Å². The van der Waals surface area contributed by atoms with Gasteiger partial charge in [-0.15, -0.1) is 0 Å². The number of nitrogens with two attached hydrogens (primary N) is 1. The molecule has 0 spiro atoms. The van der Waals surface area contributed by atoms with Gasteiger partial charge in [-0.3, -0.25) is 4.79 Å². The lowest BCUT2D eigenvalue weighted by atomic mass is 10.1. The van der Waals surface area contributed by atoms with Crippen molar-refractivity contribution in [1.29, 1.82) is 0 Å². The lowest BCUT2D eigenvalue weighted by molar-refractivity contribution is -0.130. The number of para-hydroxylation sites is 1. The molecule has 0 atom stereocenters. The fourth-order valence-corrected chi connectivity index (χ4v) is 4.01. The highest BCUT2D eigenvalue weighted by molar-refractivity contribution is 6.30. The predicted octanol–water partition coefficient (Wildman–Crippen LogP) is 3.15. The Kier molecular flexibility index (Phi) is 6.35. The first-order chi connectivity index (χ1) is 14.6. The number of benzene rings is 2. The number of hydrogen-bond acceptors (Lipinski definition) is 5. The molecule has 7 heteroatoms. The molecule has 1 aliphatic heterocycles. The smallest absolute Gasteiger partial charge is 0.227 e. The molecule has 30 heavy (non-hydrogen) atoms. The molecule has 1 aliphatic rings. The summed E-state index contributed by atoms with van der Waals surface area (Å²) in [5.41, 5.74) is 8.62. The minimum atomic E-state index is 0.133. The first kappa shape index (κ1) is 20.4. The lowest BCUT2D eigenvalue weighted by Gasteiger charge is -2.35. The van der Waals surface area contributed by atoms with Crippen LogP contribution in [0.3, 0.4) is 0 Å². The zero-order valence-corrected chi connectivity index (χ0v) is 17.6. The van der Waals surface area contributed by atoms with Crippen LogP contribution < -0.4 is 16.0 Å². The molecule has 2 aromatic carbocycles. The summed E-state index contributed by atoms with van der Waals surface area (Å²) in [6.07, 6.45) is 0.377. The molecular formula is C23H26ClN5O. The Balaban J connectivity index is 1.44. The number of fused-ring (bicyclic) bond motifs is 1. The molecule has 1 aromatic heterocycles. The Labute approximate surface area is 181 Å². The Morgan fingerprint density at radius 2 is 1.87 bits per heavy atom. The SMILES string of the molecule is NCCNc1cc(N2CCN(C(=O)Cc3cccc(Cl)c3)CC2)nc2ccccc12. The highest BCUT2D eigenvalue weighted by Crippen LogP contribution is 2.27. The average Bonchev–Trinajstić information content (AvgIpc) is 2.77. The van der Waals surface area contributed by atoms with Gasteiger partial charge in [-0.2, -0.15) is 0 Å². The zero-order chi connectivity index (χ0) is 20.9. The standard InChI is InChI=1S/C23H26ClN5O/c24-18-5-3-4-17(14-18)15-23(30)29-12-10-28(11-13-29)22-16-21(26-9-8-25)19-6-1-2-7-20(19)27-22/h1-7,14,16H,8-13,15,25H2,(H,26,27). The molecule has 3 aromatic rings. The maximum Gasteiger partial charge on any atom is 0.227 e. The maximum absolute atomic E-state index is 12.7. The van der Waals surface area contributed by atoms with E-state index in [0.29, 0.717) is 37.6 Å². The normalized spacial score (nSPS) is 14.2. The van der Waals surface area contributed by atoms with Gasteiger partial charge >= 0.3 is 0 Å². The molecule has 2 heterocycles. The van der Waals surface area contributed by atoms with Crippen molar-refractivity contribution in [1.82, 2.24) is 9.88 Å². The number of piperazine rings is 1. The monoisotopic (exact) mass is 423 g/mol. The van der Waals surface area contributed by atoms with Crippen LogP contribution >= 0.6 is 11.6 Å². The number of aromatic nitrogens is 1. The number of halogens is 1. The fraction of sp³-hybridized carbons (Fsp3) is 0.304. The highest BCUT2D eigenvalue weighted by Gasteiger charge is 2.22. The third kappa shape index (κ3) is 4.66. The van der Waals surface area contributed by atoms with Gasteiger partial charge in [-0.25, -0.2) is 4.98 Å². The number of amides is 1. The van der Waals surface area contributed by atoms with Crippen molar-refractivity contribution in [2.45, 2.75) is 6.42 Å². The summed E-state index contributed by atoms with van der Waals surface area (Å²) < 4.78 is 0. The summed E-state index contributed by atoms with van der Waals surface area (Å²) in [7, 11) is 0. The van der Waals surface area contributed by atoms with E-state index in [4.69, 9.17) is 22.3 Å². The fourth-order valence-electron chi connectivity index (χ4n) is 3.79. The van der Waals surface area contributed by atoms with Crippen LogP contribution in [0.1, 0.15) is 5.56 Å². The van der Waals surface area contributed by atoms with Crippen molar-refractivity contribution >= 4 is 39.9 Å². The lowest BCUT2D eigenvalue weighted by Crippen LogP contribution is -2.49. The van der Waals surface area contributed by atoms with Crippen LogP contribution in [0.15, 0.2) is 54.6 Å². The molecule has 0 aliphatic carbocycles. The summed E-state index contributed by atoms with van der Waals surface area (Å²) in [6, 6.07) is 17.7. The van der Waals surface area contributed by atoms with Crippen LogP contribution in [-0.2, 0) is 11.2 Å². The number of nitrogens with zero attached hydrogens (tertiary/aromatic N) is 3. The minimum Gasteiger partial charge on any atom is -0.383 e. The summed E-state index contributed by atoms with van der Waals surface area (Å²) in [5.74, 6) is 1.06. The van der Waals surface area contributed by atoms with E-state index in [0.717, 1.165) is 41.1 Å². The molecule has 1 amide bonds. The van der Waals surface area contributed by atoms with Crippen LogP contribution in [0.4, 0.5) is 11.5 Å². The number of rotatable bonds is 6. The van der Waals surface area contributed by atoms with E-state index < -0.39 is 0 Å². The largest absolute Gasteiger partial charge is 0.383 e. The number of carbonyl (C=O) groups excluding carboxylic acids is 1. The van der Waals surface area contributed by atoms with Crippen molar-refractivity contribution in [3.8, 4) is 0 Å². The van der Waals surface area contributed by atoms with Gasteiger partial charge in [0, 0.05) is 61.4 Å². The van der Waals surface area contributed by atoms with Crippen molar-refractivity contribution < 1.29 is 4.79 Å². The van der Waals surface area contributed by atoms with E-state index >= 15 is 0 Å². The molecule has 1 saturated heterocycles. The zero-order valence-electron chi connectivity index (χ0n) is 16.9. The van der Waals surface area contributed by atoms with Crippen molar-refractivity contribution in [3.63, 3.8) is 0 Å². The Hall–Kier alpha value is -2.83. The molecule has 156 valence electrons. The second-order valence-electron chi connectivity index (χ2n) is 7.44. The van der Waals surface area contributed by atoms with E-state index in [-0.39, 0.29) is 5.91 Å². The second-order valence-corrected chi connectivity index (χ2v) is 7.87. The molecule has 6 nitrogen and oxygen atoms in total. The van der Waals surface area contributed by atoms with Crippen LogP contribution in [0.2, 0.25) is 5.02 Å². The molecule has 1 fully saturated rings. The molecule has 0 bridgehead atoms. The van der Waals surface area contributed by atoms with Gasteiger partial charge in [0.2, 0.25) is 5.91 Å². The summed E-state index contributed by atoms with van der Waals surface area (Å²) in [5, 5.41) is 5.16. The molecule has 3 N–H and O–H groups in total. The van der Waals surface area contributed by atoms with E-state index in [2.05, 4.69) is 22.3 Å². The van der Waals surface area contributed by atoms with Gasteiger partial charge < -0.3 is 20.9 Å². The van der Waals surface area contributed by atoms with Crippen LogP contribution in [0, 0.1) is 0 Å².